The van der Waals surface area contributed by atoms with Gasteiger partial charge in [0.2, 0.25) is 0 Å². The van der Waals surface area contributed by atoms with Crippen molar-refractivity contribution in [1.29, 1.82) is 0 Å². The summed E-state index contributed by atoms with van der Waals surface area (Å²) in [4.78, 5) is 10.7. The van der Waals surface area contributed by atoms with E-state index in [1.165, 1.54) is 0 Å². The summed E-state index contributed by atoms with van der Waals surface area (Å²) in [5, 5.41) is 2.54. The quantitative estimate of drug-likeness (QED) is 0.786. The summed E-state index contributed by atoms with van der Waals surface area (Å²) in [7, 11) is 0. The number of alkyl carbamates (subject to hydrolysis) is 1. The van der Waals surface area contributed by atoms with E-state index >= 15 is 0 Å². The Hall–Kier alpha value is -1.55. The van der Waals surface area contributed by atoms with Crippen LogP contribution in [0.4, 0.5) is 4.79 Å². The molecule has 1 unspecified atom stereocenters. The number of nitrogens with one attached hydrogen (secondary N) is 1. The average molecular weight is 193 g/mol. The first-order chi connectivity index (χ1) is 6.84. The summed E-state index contributed by atoms with van der Waals surface area (Å²) in [6.45, 7) is 0.765. The van der Waals surface area contributed by atoms with Crippen molar-refractivity contribution in [3.63, 3.8) is 0 Å². The number of carbonyl (C=O) groups is 1. The van der Waals surface area contributed by atoms with Gasteiger partial charge in [0.25, 0.3) is 0 Å². The molecule has 74 valence electrons. The molecule has 0 spiro atoms. The highest BCUT2D eigenvalue weighted by Gasteiger charge is 2.22. The number of amides is 1. The van der Waals surface area contributed by atoms with Crippen LogP contribution in [0.25, 0.3) is 0 Å². The molecule has 2 rings (SSSR count). The molecule has 0 bridgehead atoms. The first kappa shape index (κ1) is 9.02. The van der Waals surface area contributed by atoms with Gasteiger partial charge in [0.15, 0.2) is 6.23 Å². The molecule has 4 heteroatoms. The number of cyclic esters (lactones) is 1. The Bertz CT molecular complexity index is 312. The van der Waals surface area contributed by atoms with Gasteiger partial charge in [-0.15, -0.1) is 0 Å². The summed E-state index contributed by atoms with van der Waals surface area (Å²) in [6.07, 6.45) is -0.731. The largest absolute Gasteiger partial charge is 0.445 e. The van der Waals surface area contributed by atoms with E-state index in [1.807, 2.05) is 30.3 Å². The summed E-state index contributed by atoms with van der Waals surface area (Å²) < 4.78 is 10.1. The Morgan fingerprint density at radius 3 is 2.86 bits per heavy atom. The van der Waals surface area contributed by atoms with Crippen LogP contribution in [0, 0.1) is 0 Å². The van der Waals surface area contributed by atoms with Crippen LogP contribution in [-0.2, 0) is 16.1 Å². The Labute approximate surface area is 81.8 Å². The molecule has 1 atom stereocenters. The van der Waals surface area contributed by atoms with Gasteiger partial charge in [0, 0.05) is 0 Å². The smallest absolute Gasteiger partial charge is 0.409 e. The van der Waals surface area contributed by atoms with Crippen molar-refractivity contribution in [2.45, 2.75) is 12.8 Å². The highest BCUT2D eigenvalue weighted by Crippen LogP contribution is 2.05. The highest BCUT2D eigenvalue weighted by atomic mass is 16.6. The topological polar surface area (TPSA) is 47.6 Å². The van der Waals surface area contributed by atoms with Crippen LogP contribution in [0.1, 0.15) is 5.56 Å². The van der Waals surface area contributed by atoms with Gasteiger partial charge < -0.3 is 9.47 Å². The van der Waals surface area contributed by atoms with E-state index in [9.17, 15) is 4.79 Å². The molecule has 1 aromatic rings. The monoisotopic (exact) mass is 193 g/mol. The maximum Gasteiger partial charge on any atom is 0.409 e. The summed E-state index contributed by atoms with van der Waals surface area (Å²) in [5.74, 6) is 0. The van der Waals surface area contributed by atoms with Crippen molar-refractivity contribution in [3.8, 4) is 0 Å². The molecule has 0 aliphatic carbocycles. The predicted octanol–water partition coefficient (Wildman–Crippen LogP) is 1.27. The SMILES string of the molecule is O=C1NC(OCc2ccccc2)CO1. The summed E-state index contributed by atoms with van der Waals surface area (Å²) >= 11 is 0. The van der Waals surface area contributed by atoms with Gasteiger partial charge in [0.05, 0.1) is 6.61 Å². The third kappa shape index (κ3) is 2.23. The minimum absolute atomic E-state index is 0.283. The van der Waals surface area contributed by atoms with Gasteiger partial charge in [-0.1, -0.05) is 30.3 Å². The van der Waals surface area contributed by atoms with E-state index in [0.29, 0.717) is 6.61 Å². The predicted molar refractivity (Wildman–Crippen MR) is 49.5 cm³/mol. The molecule has 0 saturated carbocycles. The number of ether oxygens (including phenoxy) is 2. The lowest BCUT2D eigenvalue weighted by molar-refractivity contribution is 0.0235. The molecule has 4 nitrogen and oxygen atoms in total. The van der Waals surface area contributed by atoms with Crippen LogP contribution in [0.3, 0.4) is 0 Å². The summed E-state index contributed by atoms with van der Waals surface area (Å²) in [5.41, 5.74) is 1.08. The van der Waals surface area contributed by atoms with Gasteiger partial charge in [-0.2, -0.15) is 0 Å². The molecule has 0 radical (unpaired) electrons. The molecule has 1 aromatic carbocycles. The fraction of sp³-hybridized carbons (Fsp3) is 0.300. The molecule has 1 saturated heterocycles. The van der Waals surface area contributed by atoms with Crippen LogP contribution in [0.2, 0.25) is 0 Å². The molecule has 1 amide bonds. The second-order valence-electron chi connectivity index (χ2n) is 3.03. The van der Waals surface area contributed by atoms with Gasteiger partial charge in [-0.25, -0.2) is 4.79 Å². The molecule has 0 aromatic heterocycles. The van der Waals surface area contributed by atoms with E-state index < -0.39 is 6.09 Å². The standard InChI is InChI=1S/C10H11NO3/c12-10-11-9(7-14-10)13-6-8-4-2-1-3-5-8/h1-5,9H,6-7H2,(H,11,12). The Kier molecular flexibility index (Phi) is 2.65. The van der Waals surface area contributed by atoms with Crippen LogP contribution in [-0.4, -0.2) is 18.9 Å². The maximum absolute atomic E-state index is 10.7. The van der Waals surface area contributed by atoms with Crippen molar-refractivity contribution in [1.82, 2.24) is 5.32 Å². The van der Waals surface area contributed by atoms with Gasteiger partial charge in [-0.05, 0) is 5.56 Å². The van der Waals surface area contributed by atoms with E-state index in [2.05, 4.69) is 10.1 Å². The number of hydrogen-bond donors (Lipinski definition) is 1. The van der Waals surface area contributed by atoms with E-state index in [4.69, 9.17) is 4.74 Å². The minimum atomic E-state index is -0.414. The summed E-state index contributed by atoms with van der Waals surface area (Å²) in [6, 6.07) is 9.78. The van der Waals surface area contributed by atoms with Gasteiger partial charge in [-0.3, -0.25) is 5.32 Å². The molecule has 1 fully saturated rings. The minimum Gasteiger partial charge on any atom is -0.445 e. The molecule has 1 heterocycles. The van der Waals surface area contributed by atoms with E-state index in [-0.39, 0.29) is 12.8 Å². The first-order valence-electron chi connectivity index (χ1n) is 4.43. The van der Waals surface area contributed by atoms with Gasteiger partial charge >= 0.3 is 6.09 Å². The lowest BCUT2D eigenvalue weighted by Crippen LogP contribution is -2.28. The average Bonchev–Trinajstić information content (AvgIpc) is 2.63. The maximum atomic E-state index is 10.7. The van der Waals surface area contributed by atoms with Crippen molar-refractivity contribution < 1.29 is 14.3 Å². The van der Waals surface area contributed by atoms with Crippen LogP contribution in [0.15, 0.2) is 30.3 Å². The van der Waals surface area contributed by atoms with Crippen molar-refractivity contribution in [3.05, 3.63) is 35.9 Å². The lowest BCUT2D eigenvalue weighted by atomic mass is 10.2. The normalized spacial score (nSPS) is 20.3. The third-order valence-electron chi connectivity index (χ3n) is 1.94. The zero-order valence-electron chi connectivity index (χ0n) is 7.60. The van der Waals surface area contributed by atoms with Gasteiger partial charge in [0.1, 0.15) is 6.61 Å². The van der Waals surface area contributed by atoms with Crippen molar-refractivity contribution in [2.75, 3.05) is 6.61 Å². The Balaban J connectivity index is 1.80. The van der Waals surface area contributed by atoms with E-state index in [0.717, 1.165) is 5.56 Å². The van der Waals surface area contributed by atoms with Crippen LogP contribution < -0.4 is 5.32 Å². The fourth-order valence-electron chi connectivity index (χ4n) is 1.23. The second kappa shape index (κ2) is 4.11. The molecule has 1 aliphatic rings. The highest BCUT2D eigenvalue weighted by molar-refractivity contribution is 5.69. The number of rotatable bonds is 3. The lowest BCUT2D eigenvalue weighted by Gasteiger charge is -2.08. The van der Waals surface area contributed by atoms with Crippen molar-refractivity contribution >= 4 is 6.09 Å². The molecule has 14 heavy (non-hydrogen) atoms. The van der Waals surface area contributed by atoms with E-state index in [1.54, 1.807) is 0 Å². The zero-order valence-corrected chi connectivity index (χ0v) is 7.60. The zero-order chi connectivity index (χ0) is 9.80. The van der Waals surface area contributed by atoms with Crippen LogP contribution in [0.5, 0.6) is 0 Å². The Morgan fingerprint density at radius 1 is 1.43 bits per heavy atom. The molecule has 1 N–H and O–H groups in total. The number of hydrogen-bond acceptors (Lipinski definition) is 3. The number of benzene rings is 1. The second-order valence-corrected chi connectivity index (χ2v) is 3.03. The molecular weight excluding hydrogens is 182 g/mol. The third-order valence-corrected chi connectivity index (χ3v) is 1.94. The molecule has 1 aliphatic heterocycles. The van der Waals surface area contributed by atoms with Crippen LogP contribution >= 0.6 is 0 Å². The van der Waals surface area contributed by atoms with Crippen molar-refractivity contribution in [2.24, 2.45) is 0 Å². The first-order valence-corrected chi connectivity index (χ1v) is 4.43. The number of carbonyl (C=O) groups excluding carboxylic acids is 1. The Morgan fingerprint density at radius 2 is 2.21 bits per heavy atom. The fourth-order valence-corrected chi connectivity index (χ4v) is 1.23. The molecular formula is C10H11NO3.